The van der Waals surface area contributed by atoms with E-state index < -0.39 is 11.7 Å². The van der Waals surface area contributed by atoms with Crippen LogP contribution in [-0.2, 0) is 4.79 Å². The van der Waals surface area contributed by atoms with Crippen LogP contribution >= 0.6 is 15.9 Å². The molecule has 0 spiro atoms. The van der Waals surface area contributed by atoms with Crippen molar-refractivity contribution in [2.75, 3.05) is 18.1 Å². The molecule has 1 aliphatic heterocycles. The molecule has 5 heteroatoms. The number of nitrogens with zero attached hydrogens (tertiary/aromatic N) is 1. The van der Waals surface area contributed by atoms with E-state index in [-0.39, 0.29) is 0 Å². The number of carbonyl (C=O) groups excluding carboxylic acids is 2. The summed E-state index contributed by atoms with van der Waals surface area (Å²) in [5, 5.41) is 0. The summed E-state index contributed by atoms with van der Waals surface area (Å²) >= 11 is 3.34. The van der Waals surface area contributed by atoms with E-state index in [0.717, 1.165) is 15.8 Å². The number of hydrogen-bond acceptors (Lipinski definition) is 3. The van der Waals surface area contributed by atoms with Crippen molar-refractivity contribution < 1.29 is 14.3 Å². The predicted molar refractivity (Wildman–Crippen MR) is 106 cm³/mol. The highest BCUT2D eigenvalue weighted by Crippen LogP contribution is 2.32. The summed E-state index contributed by atoms with van der Waals surface area (Å²) in [6, 6.07) is 11.6. The number of aryl methyl sites for hydroxylation is 1. The molecule has 0 saturated carbocycles. The number of rotatable bonds is 6. The van der Waals surface area contributed by atoms with Crippen molar-refractivity contribution in [3.63, 3.8) is 0 Å². The number of amides is 1. The molecule has 0 atom stereocenters. The third-order valence-electron chi connectivity index (χ3n) is 4.51. The van der Waals surface area contributed by atoms with Crippen LogP contribution in [0.4, 0.5) is 5.69 Å². The largest absolute Gasteiger partial charge is 0.493 e. The minimum atomic E-state index is -0.462. The molecular formula is C21H22BrNO3. The average Bonchev–Trinajstić information content (AvgIpc) is 2.82. The summed E-state index contributed by atoms with van der Waals surface area (Å²) in [6.07, 6.45) is 0.653. The summed E-state index contributed by atoms with van der Waals surface area (Å²) < 4.78 is 6.77. The minimum absolute atomic E-state index is 0.383. The van der Waals surface area contributed by atoms with E-state index in [1.807, 2.05) is 19.1 Å². The molecule has 0 bridgehead atoms. The second kappa shape index (κ2) is 7.62. The summed E-state index contributed by atoms with van der Waals surface area (Å²) in [5.41, 5.74) is 3.48. The van der Waals surface area contributed by atoms with E-state index in [1.54, 1.807) is 17.0 Å². The van der Waals surface area contributed by atoms with Crippen LogP contribution < -0.4 is 9.64 Å². The zero-order valence-electron chi connectivity index (χ0n) is 15.2. The third-order valence-corrected chi connectivity index (χ3v) is 5.00. The zero-order chi connectivity index (χ0) is 18.8. The molecule has 1 aliphatic rings. The maximum absolute atomic E-state index is 12.2. The molecule has 26 heavy (non-hydrogen) atoms. The fraction of sp³-hybridized carbons (Fsp3) is 0.333. The van der Waals surface area contributed by atoms with Gasteiger partial charge in [0, 0.05) is 11.0 Å². The van der Waals surface area contributed by atoms with E-state index in [1.165, 1.54) is 5.56 Å². The SMILES string of the molecule is Cc1ccc(C(C)C)c(OCCCN2C(=O)C(=O)c3cc(Br)ccc32)c1. The summed E-state index contributed by atoms with van der Waals surface area (Å²) in [7, 11) is 0. The van der Waals surface area contributed by atoms with Gasteiger partial charge >= 0.3 is 0 Å². The molecule has 0 unspecified atom stereocenters. The van der Waals surface area contributed by atoms with Crippen LogP contribution in [0.1, 0.15) is 47.7 Å². The molecule has 2 aromatic rings. The van der Waals surface area contributed by atoms with Crippen molar-refractivity contribution in [2.24, 2.45) is 0 Å². The Balaban J connectivity index is 1.64. The molecule has 0 fully saturated rings. The van der Waals surface area contributed by atoms with E-state index in [0.29, 0.717) is 36.7 Å². The Bertz CT molecular complexity index is 860. The monoisotopic (exact) mass is 415 g/mol. The second-order valence-electron chi connectivity index (χ2n) is 6.85. The maximum Gasteiger partial charge on any atom is 0.299 e. The molecule has 1 amide bonds. The van der Waals surface area contributed by atoms with Gasteiger partial charge in [0.2, 0.25) is 0 Å². The Labute approximate surface area is 162 Å². The van der Waals surface area contributed by atoms with Crippen LogP contribution in [0.2, 0.25) is 0 Å². The van der Waals surface area contributed by atoms with Crippen molar-refractivity contribution >= 4 is 33.3 Å². The number of halogens is 1. The molecule has 0 aromatic heterocycles. The lowest BCUT2D eigenvalue weighted by Gasteiger charge is -2.18. The summed E-state index contributed by atoms with van der Waals surface area (Å²) in [5.74, 6) is 0.376. The maximum atomic E-state index is 12.2. The number of benzene rings is 2. The van der Waals surface area contributed by atoms with Gasteiger partial charge in [-0.2, -0.15) is 0 Å². The van der Waals surface area contributed by atoms with Crippen LogP contribution in [0.5, 0.6) is 5.75 Å². The second-order valence-corrected chi connectivity index (χ2v) is 7.76. The first-order valence-corrected chi connectivity index (χ1v) is 9.57. The van der Waals surface area contributed by atoms with Gasteiger partial charge in [0.25, 0.3) is 11.7 Å². The van der Waals surface area contributed by atoms with Gasteiger partial charge in [-0.05, 0) is 54.7 Å². The number of ketones is 1. The predicted octanol–water partition coefficient (Wildman–Crippen LogP) is 4.88. The summed E-state index contributed by atoms with van der Waals surface area (Å²) in [4.78, 5) is 25.9. The fourth-order valence-electron chi connectivity index (χ4n) is 3.14. The number of hydrogen-bond donors (Lipinski definition) is 0. The van der Waals surface area contributed by atoms with Crippen molar-refractivity contribution in [3.8, 4) is 5.75 Å². The standard InChI is InChI=1S/C21H22BrNO3/c1-13(2)16-7-5-14(3)11-19(16)26-10-4-9-23-18-8-6-15(22)12-17(18)20(24)21(23)25/h5-8,11-13H,4,9-10H2,1-3H3. The molecule has 0 N–H and O–H groups in total. The van der Waals surface area contributed by atoms with Gasteiger partial charge in [0.1, 0.15) is 5.75 Å². The summed E-state index contributed by atoms with van der Waals surface area (Å²) in [6.45, 7) is 7.28. The normalized spacial score (nSPS) is 13.5. The third kappa shape index (κ3) is 3.68. The molecule has 0 aliphatic carbocycles. The lowest BCUT2D eigenvalue weighted by Crippen LogP contribution is -2.31. The van der Waals surface area contributed by atoms with Crippen LogP contribution in [-0.4, -0.2) is 24.8 Å². The van der Waals surface area contributed by atoms with Crippen LogP contribution in [0, 0.1) is 6.92 Å². The van der Waals surface area contributed by atoms with Gasteiger partial charge in [-0.15, -0.1) is 0 Å². The Morgan fingerprint density at radius 2 is 1.88 bits per heavy atom. The first kappa shape index (κ1) is 18.6. The first-order valence-electron chi connectivity index (χ1n) is 8.77. The zero-order valence-corrected chi connectivity index (χ0v) is 16.8. The van der Waals surface area contributed by atoms with Gasteiger partial charge < -0.3 is 9.64 Å². The highest BCUT2D eigenvalue weighted by Gasteiger charge is 2.35. The highest BCUT2D eigenvalue weighted by atomic mass is 79.9. The molecular weight excluding hydrogens is 394 g/mol. The number of Topliss-reactive ketones (excluding diaryl/α,β-unsaturated/α-hetero) is 1. The minimum Gasteiger partial charge on any atom is -0.493 e. The molecule has 3 rings (SSSR count). The van der Waals surface area contributed by atoms with Crippen molar-refractivity contribution in [1.29, 1.82) is 0 Å². The fourth-order valence-corrected chi connectivity index (χ4v) is 3.50. The van der Waals surface area contributed by atoms with E-state index in [2.05, 4.69) is 41.9 Å². The van der Waals surface area contributed by atoms with Crippen molar-refractivity contribution in [2.45, 2.75) is 33.1 Å². The molecule has 136 valence electrons. The smallest absolute Gasteiger partial charge is 0.299 e. The molecule has 0 radical (unpaired) electrons. The van der Waals surface area contributed by atoms with Crippen LogP contribution in [0.3, 0.4) is 0 Å². The van der Waals surface area contributed by atoms with Crippen molar-refractivity contribution in [3.05, 3.63) is 57.6 Å². The molecule has 4 nitrogen and oxygen atoms in total. The number of ether oxygens (including phenoxy) is 1. The van der Waals surface area contributed by atoms with Crippen LogP contribution in [0.15, 0.2) is 40.9 Å². The number of anilines is 1. The first-order chi connectivity index (χ1) is 12.4. The lowest BCUT2D eigenvalue weighted by atomic mass is 10.0. The number of fused-ring (bicyclic) bond motifs is 1. The average molecular weight is 416 g/mol. The highest BCUT2D eigenvalue weighted by molar-refractivity contribution is 9.10. The number of carbonyl (C=O) groups is 2. The molecule has 0 saturated heterocycles. The van der Waals surface area contributed by atoms with Gasteiger partial charge in [-0.1, -0.05) is 41.9 Å². The van der Waals surface area contributed by atoms with E-state index >= 15 is 0 Å². The van der Waals surface area contributed by atoms with Gasteiger partial charge in [-0.25, -0.2) is 0 Å². The Kier molecular flexibility index (Phi) is 5.47. The Morgan fingerprint density at radius 3 is 2.62 bits per heavy atom. The van der Waals surface area contributed by atoms with E-state index in [9.17, 15) is 9.59 Å². The van der Waals surface area contributed by atoms with Gasteiger partial charge in [0.05, 0.1) is 17.9 Å². The molecule has 2 aromatic carbocycles. The lowest BCUT2D eigenvalue weighted by molar-refractivity contribution is -0.114. The van der Waals surface area contributed by atoms with Gasteiger partial charge in [0.15, 0.2) is 0 Å². The Morgan fingerprint density at radius 1 is 1.12 bits per heavy atom. The van der Waals surface area contributed by atoms with Crippen LogP contribution in [0.25, 0.3) is 0 Å². The Hall–Kier alpha value is -2.14. The topological polar surface area (TPSA) is 46.6 Å². The van der Waals surface area contributed by atoms with E-state index in [4.69, 9.17) is 4.74 Å². The van der Waals surface area contributed by atoms with Gasteiger partial charge in [-0.3, -0.25) is 9.59 Å². The van der Waals surface area contributed by atoms with Crippen molar-refractivity contribution in [1.82, 2.24) is 0 Å². The molecule has 1 heterocycles. The quantitative estimate of drug-likeness (QED) is 0.498.